The van der Waals surface area contributed by atoms with Crippen LogP contribution in [0.2, 0.25) is 0 Å². The van der Waals surface area contributed by atoms with Gasteiger partial charge in [0.2, 0.25) is 11.7 Å². The van der Waals surface area contributed by atoms with Gasteiger partial charge in [-0.1, -0.05) is 18.2 Å². The maximum atomic E-state index is 12.6. The predicted molar refractivity (Wildman–Crippen MR) is 110 cm³/mol. The molecule has 0 spiro atoms. The number of carbonyl (C=O) groups excluding carboxylic acids is 1. The number of nitrogens with one attached hydrogen (secondary N) is 1. The quantitative estimate of drug-likeness (QED) is 0.569. The van der Waals surface area contributed by atoms with Crippen molar-refractivity contribution in [1.82, 2.24) is 14.9 Å². The van der Waals surface area contributed by atoms with E-state index in [0.29, 0.717) is 24.2 Å². The fourth-order valence-electron chi connectivity index (χ4n) is 3.11. The number of carbonyl (C=O) groups is 1. The molecule has 1 aliphatic rings. The van der Waals surface area contributed by atoms with Crippen molar-refractivity contribution in [3.63, 3.8) is 0 Å². The van der Waals surface area contributed by atoms with E-state index in [4.69, 9.17) is 4.74 Å². The number of aromatic nitrogens is 2. The van der Waals surface area contributed by atoms with E-state index in [0.717, 1.165) is 4.57 Å². The Morgan fingerprint density at radius 3 is 2.72 bits per heavy atom. The Balaban J connectivity index is 1.92. The highest BCUT2D eigenvalue weighted by atomic mass is 32.3. The summed E-state index contributed by atoms with van der Waals surface area (Å²) in [4.78, 5) is 29.2. The third kappa shape index (κ3) is 4.16. The summed E-state index contributed by atoms with van der Waals surface area (Å²) in [5, 5.41) is 12.8. The van der Waals surface area contributed by atoms with Gasteiger partial charge in [-0.3, -0.25) is 23.3 Å². The van der Waals surface area contributed by atoms with Gasteiger partial charge in [0.1, 0.15) is 5.75 Å². The number of aromatic hydroxyl groups is 1. The molecule has 1 aliphatic heterocycles. The van der Waals surface area contributed by atoms with Crippen molar-refractivity contribution in [3.8, 4) is 11.5 Å². The summed E-state index contributed by atoms with van der Waals surface area (Å²) in [7, 11) is -0.290. The fraction of sp³-hybridized carbons (Fsp3) is 0.389. The molecular formula is C18H24N4O6S. The zero-order valence-electron chi connectivity index (χ0n) is 16.2. The van der Waals surface area contributed by atoms with Gasteiger partial charge < -0.3 is 15.2 Å². The molecule has 0 unspecified atom stereocenters. The molecule has 1 fully saturated rings. The Morgan fingerprint density at radius 2 is 2.03 bits per heavy atom. The second-order valence-electron chi connectivity index (χ2n) is 6.61. The molecule has 1 aromatic heterocycles. The van der Waals surface area contributed by atoms with Crippen LogP contribution >= 0.6 is 10.8 Å². The van der Waals surface area contributed by atoms with Crippen molar-refractivity contribution in [2.45, 2.75) is 19.4 Å². The van der Waals surface area contributed by atoms with Crippen molar-refractivity contribution in [3.05, 3.63) is 45.9 Å². The number of rotatable bonds is 5. The topological polar surface area (TPSA) is 137 Å². The molecule has 2 heterocycles. The first-order valence-electron chi connectivity index (χ1n) is 9.00. The van der Waals surface area contributed by atoms with Gasteiger partial charge in [0.15, 0.2) is 5.69 Å². The predicted octanol–water partition coefficient (Wildman–Crippen LogP) is 1.69. The number of benzene rings is 1. The van der Waals surface area contributed by atoms with E-state index in [2.05, 4.69) is 10.3 Å². The summed E-state index contributed by atoms with van der Waals surface area (Å²) in [6, 6.07) is 7.10. The Hall–Kier alpha value is -2.76. The molecule has 0 radical (unpaired) electrons. The minimum absolute atomic E-state index is 0.0741. The Labute approximate surface area is 169 Å². The number of hydrogen-bond acceptors (Lipinski definition) is 8. The van der Waals surface area contributed by atoms with Crippen LogP contribution in [0, 0.1) is 0 Å². The van der Waals surface area contributed by atoms with Crippen LogP contribution in [0.15, 0.2) is 29.1 Å². The molecule has 10 nitrogen and oxygen atoms in total. The summed E-state index contributed by atoms with van der Waals surface area (Å²) >= 11 is 0. The lowest BCUT2D eigenvalue weighted by atomic mass is 10.2. The number of para-hydroxylation sites is 1. The molecule has 3 rings (SSSR count). The van der Waals surface area contributed by atoms with E-state index < -0.39 is 33.7 Å². The minimum atomic E-state index is -3.15. The maximum Gasteiger partial charge on any atom is 0.297 e. The van der Waals surface area contributed by atoms with Crippen LogP contribution in [0.4, 0.5) is 5.95 Å². The number of anilines is 1. The van der Waals surface area contributed by atoms with Gasteiger partial charge in [-0.25, -0.2) is 9.29 Å². The maximum absolute atomic E-state index is 12.6. The first-order chi connectivity index (χ1) is 13.8. The second-order valence-corrected chi connectivity index (χ2v) is 8.73. The molecule has 2 aromatic rings. The van der Waals surface area contributed by atoms with Gasteiger partial charge in [0, 0.05) is 25.7 Å². The average Bonchev–Trinajstić information content (AvgIpc) is 2.71. The molecule has 158 valence electrons. The van der Waals surface area contributed by atoms with Gasteiger partial charge in [0.05, 0.1) is 12.9 Å². The Bertz CT molecular complexity index is 977. The molecule has 0 saturated carbocycles. The van der Waals surface area contributed by atoms with Gasteiger partial charge in [-0.15, -0.1) is 10.8 Å². The summed E-state index contributed by atoms with van der Waals surface area (Å²) in [5.74, 6) is -0.908. The summed E-state index contributed by atoms with van der Waals surface area (Å²) < 4.78 is 28.2. The minimum Gasteiger partial charge on any atom is -0.501 e. The summed E-state index contributed by atoms with van der Waals surface area (Å²) in [5.41, 5.74) is -0.617. The van der Waals surface area contributed by atoms with Gasteiger partial charge in [-0.2, -0.15) is 0 Å². The zero-order valence-corrected chi connectivity index (χ0v) is 17.0. The van der Waals surface area contributed by atoms with Crippen LogP contribution in [-0.2, 0) is 13.6 Å². The van der Waals surface area contributed by atoms with Gasteiger partial charge >= 0.3 is 0 Å². The monoisotopic (exact) mass is 424 g/mol. The lowest BCUT2D eigenvalue weighted by Gasteiger charge is -2.46. The Morgan fingerprint density at radius 1 is 1.31 bits per heavy atom. The van der Waals surface area contributed by atoms with Crippen LogP contribution in [0.3, 0.4) is 0 Å². The lowest BCUT2D eigenvalue weighted by Crippen LogP contribution is -2.39. The SMILES string of the molecule is COc1ccccc1CNC(=O)c1nc(N2CCCCS2(O)O)n(C)c(=O)c1O. The average molecular weight is 424 g/mol. The van der Waals surface area contributed by atoms with E-state index >= 15 is 0 Å². The van der Waals surface area contributed by atoms with Crippen molar-refractivity contribution in [2.75, 3.05) is 23.7 Å². The molecule has 1 saturated heterocycles. The van der Waals surface area contributed by atoms with Crippen LogP contribution < -0.4 is 19.9 Å². The van der Waals surface area contributed by atoms with E-state index in [1.807, 2.05) is 0 Å². The highest BCUT2D eigenvalue weighted by molar-refractivity contribution is 8.25. The number of hydrogen-bond donors (Lipinski definition) is 4. The Kier molecular flexibility index (Phi) is 6.01. The molecule has 1 aromatic carbocycles. The zero-order chi connectivity index (χ0) is 21.2. The van der Waals surface area contributed by atoms with Gasteiger partial charge in [-0.05, 0) is 18.9 Å². The molecule has 0 aliphatic carbocycles. The van der Waals surface area contributed by atoms with Gasteiger partial charge in [0.25, 0.3) is 11.5 Å². The van der Waals surface area contributed by atoms with Crippen molar-refractivity contribution < 1.29 is 23.7 Å². The second kappa shape index (κ2) is 8.31. The smallest absolute Gasteiger partial charge is 0.297 e. The molecule has 11 heteroatoms. The van der Waals surface area contributed by atoms with E-state index in [1.54, 1.807) is 24.3 Å². The molecule has 1 amide bonds. The van der Waals surface area contributed by atoms with Crippen LogP contribution in [0.1, 0.15) is 28.9 Å². The standard InChI is InChI=1S/C18H24N4O6S/c1-21-17(25)15(23)14(20-18(21)22-9-5-6-10-29(22,26)27)16(24)19-11-12-7-3-4-8-13(12)28-2/h3-4,7-8,23,26-27H,5-6,9-11H2,1-2H3,(H,19,24). The van der Waals surface area contributed by atoms with Crippen LogP contribution in [-0.4, -0.2) is 49.1 Å². The highest BCUT2D eigenvalue weighted by Crippen LogP contribution is 2.48. The molecular weight excluding hydrogens is 400 g/mol. The summed E-state index contributed by atoms with van der Waals surface area (Å²) in [6.07, 6.45) is 1.32. The van der Waals surface area contributed by atoms with E-state index in [1.165, 1.54) is 18.5 Å². The first-order valence-corrected chi connectivity index (χ1v) is 10.7. The third-order valence-corrected chi connectivity index (χ3v) is 6.58. The van der Waals surface area contributed by atoms with Crippen LogP contribution in [0.5, 0.6) is 11.5 Å². The number of methoxy groups -OCH3 is 1. The number of amides is 1. The molecule has 4 N–H and O–H groups in total. The normalized spacial score (nSPS) is 16.9. The largest absolute Gasteiger partial charge is 0.501 e. The number of ether oxygens (including phenoxy) is 1. The first kappa shape index (κ1) is 21.0. The van der Waals surface area contributed by atoms with E-state index in [9.17, 15) is 23.8 Å². The van der Waals surface area contributed by atoms with Crippen molar-refractivity contribution in [1.29, 1.82) is 0 Å². The highest BCUT2D eigenvalue weighted by Gasteiger charge is 2.32. The molecule has 0 bridgehead atoms. The molecule has 29 heavy (non-hydrogen) atoms. The van der Waals surface area contributed by atoms with Crippen molar-refractivity contribution in [2.24, 2.45) is 7.05 Å². The van der Waals surface area contributed by atoms with E-state index in [-0.39, 0.29) is 24.8 Å². The number of nitrogens with zero attached hydrogens (tertiary/aromatic N) is 3. The fourth-order valence-corrected chi connectivity index (χ4v) is 4.76. The van der Waals surface area contributed by atoms with Crippen LogP contribution in [0.25, 0.3) is 0 Å². The lowest BCUT2D eigenvalue weighted by molar-refractivity contribution is 0.0942. The van der Waals surface area contributed by atoms with Crippen molar-refractivity contribution >= 4 is 22.6 Å². The third-order valence-electron chi connectivity index (χ3n) is 4.70. The molecule has 0 atom stereocenters. The summed E-state index contributed by atoms with van der Waals surface area (Å²) in [6.45, 7) is 0.364.